The molecule has 10 heteroatoms. The summed E-state index contributed by atoms with van der Waals surface area (Å²) in [4.78, 5) is 48.7. The van der Waals surface area contributed by atoms with E-state index in [4.69, 9.17) is 24.3 Å². The molecule has 0 spiro atoms. The molecule has 2 amide bonds. The third-order valence-corrected chi connectivity index (χ3v) is 10.2. The zero-order valence-electron chi connectivity index (χ0n) is 33.3. The van der Waals surface area contributed by atoms with E-state index < -0.39 is 5.79 Å². The van der Waals surface area contributed by atoms with E-state index in [1.807, 2.05) is 48.5 Å². The fourth-order valence-electron chi connectivity index (χ4n) is 6.92. The van der Waals surface area contributed by atoms with Gasteiger partial charge >= 0.3 is 0 Å². The first-order valence-electron chi connectivity index (χ1n) is 20.1. The van der Waals surface area contributed by atoms with E-state index >= 15 is 0 Å². The van der Waals surface area contributed by atoms with Crippen LogP contribution in [0.2, 0.25) is 0 Å². The van der Waals surface area contributed by atoms with Crippen LogP contribution < -0.4 is 10.6 Å². The van der Waals surface area contributed by atoms with Crippen molar-refractivity contribution in [3.63, 3.8) is 0 Å². The van der Waals surface area contributed by atoms with Gasteiger partial charge in [-0.15, -0.1) is 0 Å². The number of nitrogens with one attached hydrogen (secondary N) is 2. The van der Waals surface area contributed by atoms with Crippen molar-refractivity contribution in [1.29, 1.82) is 0 Å². The summed E-state index contributed by atoms with van der Waals surface area (Å²) < 4.78 is 5.67. The topological polar surface area (TPSA) is 125 Å². The van der Waals surface area contributed by atoms with Crippen molar-refractivity contribution in [1.82, 2.24) is 10.6 Å². The highest BCUT2D eigenvalue weighted by atomic mass is 17.2. The Morgan fingerprint density at radius 2 is 1.18 bits per heavy atom. The lowest BCUT2D eigenvalue weighted by atomic mass is 9.87. The fraction of sp³-hybridized carbons (Fsp3) is 0.850. The maximum absolute atomic E-state index is 13.1. The zero-order valence-corrected chi connectivity index (χ0v) is 33.3. The molecule has 10 nitrogen and oxygen atoms in total. The van der Waals surface area contributed by atoms with Crippen LogP contribution in [0, 0.1) is 23.7 Å². The number of hydrogen-bond acceptors (Lipinski definition) is 8. The van der Waals surface area contributed by atoms with Crippen LogP contribution in [0.1, 0.15) is 153 Å². The number of amides is 2. The van der Waals surface area contributed by atoms with E-state index in [-0.39, 0.29) is 36.2 Å². The fourth-order valence-corrected chi connectivity index (χ4v) is 6.92. The third-order valence-electron chi connectivity index (χ3n) is 10.2. The van der Waals surface area contributed by atoms with Gasteiger partial charge in [0.15, 0.2) is 6.29 Å². The van der Waals surface area contributed by atoms with Gasteiger partial charge in [0, 0.05) is 49.1 Å². The lowest BCUT2D eigenvalue weighted by molar-refractivity contribution is -0.446. The first-order chi connectivity index (χ1) is 24.2. The van der Waals surface area contributed by atoms with Crippen molar-refractivity contribution in [2.45, 2.75) is 177 Å². The Kier molecular flexibility index (Phi) is 24.0. The lowest BCUT2D eigenvalue weighted by Gasteiger charge is -2.32. The molecule has 292 valence electrons. The van der Waals surface area contributed by atoms with E-state index in [1.54, 1.807) is 26.0 Å². The molecule has 50 heavy (non-hydrogen) atoms. The summed E-state index contributed by atoms with van der Waals surface area (Å²) in [6.45, 7) is 21.5. The monoisotopic (exact) mass is 711 g/mol. The molecule has 3 aliphatic carbocycles. The Morgan fingerprint density at radius 1 is 0.700 bits per heavy atom. The minimum atomic E-state index is -1.17. The standard InChI is InChI=1S/C34H56N2O8.3C2H6/c1-5-29(31(37)35-21-25-11-15-27(16-12-25)41-43-33-23(3)9-8-20-40-33)30(6-2)32(38)36-22-26-13-17-28(18-14-26)42-44-34(39)19-7-10-24(34)4;3*1-2/h5-6,23-28,33,39H,7-22H2,1-4H3,(H,35,37)(H,36,38);3*1-2H3/b29-5+,30-6+;;;. The van der Waals surface area contributed by atoms with Crippen molar-refractivity contribution in [2.24, 2.45) is 23.7 Å². The summed E-state index contributed by atoms with van der Waals surface area (Å²) in [5.74, 6) is -0.527. The summed E-state index contributed by atoms with van der Waals surface area (Å²) in [5, 5.41) is 16.7. The number of allylic oxidation sites excluding steroid dienone is 2. The third kappa shape index (κ3) is 15.0. The predicted molar refractivity (Wildman–Crippen MR) is 200 cm³/mol. The highest BCUT2D eigenvalue weighted by Crippen LogP contribution is 2.37. The average Bonchev–Trinajstić information content (AvgIpc) is 3.50. The van der Waals surface area contributed by atoms with Gasteiger partial charge in [0.25, 0.3) is 11.8 Å². The van der Waals surface area contributed by atoms with Crippen LogP contribution in [0.3, 0.4) is 0 Å². The van der Waals surface area contributed by atoms with E-state index in [0.29, 0.717) is 48.4 Å². The van der Waals surface area contributed by atoms with Crippen LogP contribution in [0.15, 0.2) is 23.3 Å². The Balaban J connectivity index is 0.00000197. The number of carbonyl (C=O) groups is 2. The summed E-state index contributed by atoms with van der Waals surface area (Å²) in [5.41, 5.74) is 0.785. The number of carbonyl (C=O) groups excluding carboxylic acids is 2. The maximum Gasteiger partial charge on any atom is 0.251 e. The predicted octanol–water partition coefficient (Wildman–Crippen LogP) is 8.49. The second-order valence-corrected chi connectivity index (χ2v) is 13.5. The van der Waals surface area contributed by atoms with Crippen LogP contribution >= 0.6 is 0 Å². The van der Waals surface area contributed by atoms with E-state index in [9.17, 15) is 14.7 Å². The smallest absolute Gasteiger partial charge is 0.251 e. The van der Waals surface area contributed by atoms with Crippen LogP contribution in [0.25, 0.3) is 0 Å². The molecule has 4 rings (SSSR count). The van der Waals surface area contributed by atoms with Crippen molar-refractivity contribution in [3.05, 3.63) is 23.3 Å². The molecule has 1 saturated heterocycles. The van der Waals surface area contributed by atoms with Crippen LogP contribution in [0.4, 0.5) is 0 Å². The molecule has 0 radical (unpaired) electrons. The Labute approximate surface area is 304 Å². The Morgan fingerprint density at radius 3 is 1.60 bits per heavy atom. The molecular weight excluding hydrogens is 636 g/mol. The summed E-state index contributed by atoms with van der Waals surface area (Å²) in [7, 11) is 0. The van der Waals surface area contributed by atoms with Gasteiger partial charge in [0.05, 0.1) is 12.2 Å². The molecule has 4 atom stereocenters. The van der Waals surface area contributed by atoms with Gasteiger partial charge < -0.3 is 20.5 Å². The molecule has 3 N–H and O–H groups in total. The second-order valence-electron chi connectivity index (χ2n) is 13.5. The number of rotatable bonds is 13. The minimum Gasteiger partial charge on any atom is -0.363 e. The largest absolute Gasteiger partial charge is 0.363 e. The van der Waals surface area contributed by atoms with Crippen LogP contribution in [0.5, 0.6) is 0 Å². The Hall–Kier alpha value is -1.82. The van der Waals surface area contributed by atoms with Crippen molar-refractivity contribution in [2.75, 3.05) is 19.7 Å². The molecule has 4 aliphatic rings. The molecule has 0 aromatic heterocycles. The SMILES string of the molecule is C/C=C(C(=O)NCC1CCC(OOC2OCCCC2C)CC1)\C(=C/C)C(=O)NCC1CCC(OOC2(O)CCCC2C)CC1.CC.CC.CC. The molecular formula is C40H74N2O8. The molecule has 0 aromatic rings. The molecule has 0 aromatic carbocycles. The molecule has 3 saturated carbocycles. The van der Waals surface area contributed by atoms with Gasteiger partial charge in [-0.1, -0.05) is 67.5 Å². The molecule has 1 aliphatic heterocycles. The van der Waals surface area contributed by atoms with E-state index in [2.05, 4.69) is 17.6 Å². The van der Waals surface area contributed by atoms with Crippen molar-refractivity contribution < 1.29 is 39.0 Å². The highest BCUT2D eigenvalue weighted by molar-refractivity contribution is 6.10. The zero-order chi connectivity index (χ0) is 37.5. The van der Waals surface area contributed by atoms with E-state index in [0.717, 1.165) is 83.7 Å². The normalized spacial score (nSPS) is 31.5. The van der Waals surface area contributed by atoms with Gasteiger partial charge in [-0.25, -0.2) is 19.6 Å². The molecule has 1 heterocycles. The van der Waals surface area contributed by atoms with Gasteiger partial charge in [-0.2, -0.15) is 0 Å². The van der Waals surface area contributed by atoms with Gasteiger partial charge in [-0.3, -0.25) is 9.59 Å². The van der Waals surface area contributed by atoms with Crippen LogP contribution in [-0.4, -0.2) is 60.9 Å². The maximum atomic E-state index is 13.1. The average molecular weight is 711 g/mol. The van der Waals surface area contributed by atoms with Gasteiger partial charge in [0.2, 0.25) is 5.79 Å². The van der Waals surface area contributed by atoms with Gasteiger partial charge in [-0.05, 0) is 103 Å². The van der Waals surface area contributed by atoms with Crippen LogP contribution in [-0.2, 0) is 33.9 Å². The first kappa shape index (κ1) is 46.2. The molecule has 4 fully saturated rings. The second kappa shape index (κ2) is 26.0. The minimum absolute atomic E-state index is 0.0425. The number of ether oxygens (including phenoxy) is 1. The number of hydrogen-bond donors (Lipinski definition) is 3. The number of aliphatic hydroxyl groups is 1. The molecule has 0 bridgehead atoms. The lowest BCUT2D eigenvalue weighted by Crippen LogP contribution is -2.38. The highest BCUT2D eigenvalue weighted by Gasteiger charge is 2.41. The molecule has 4 unspecified atom stereocenters. The summed E-state index contributed by atoms with van der Waals surface area (Å²) in [6.07, 6.45) is 14.9. The summed E-state index contributed by atoms with van der Waals surface area (Å²) >= 11 is 0. The summed E-state index contributed by atoms with van der Waals surface area (Å²) in [6, 6.07) is 0. The first-order valence-corrected chi connectivity index (χ1v) is 20.1. The van der Waals surface area contributed by atoms with Gasteiger partial charge in [0.1, 0.15) is 0 Å². The van der Waals surface area contributed by atoms with Crippen molar-refractivity contribution in [3.8, 4) is 0 Å². The van der Waals surface area contributed by atoms with E-state index in [1.165, 1.54) is 0 Å². The Bertz CT molecular complexity index is 988. The van der Waals surface area contributed by atoms with Crippen molar-refractivity contribution >= 4 is 11.8 Å². The quantitative estimate of drug-likeness (QED) is 0.0572.